The monoisotopic (exact) mass is 254 g/mol. The second-order valence-corrected chi connectivity index (χ2v) is 4.90. The third-order valence-electron chi connectivity index (χ3n) is 3.40. The Morgan fingerprint density at radius 1 is 1.50 bits per heavy atom. The van der Waals surface area contributed by atoms with Crippen molar-refractivity contribution in [1.82, 2.24) is 10.2 Å². The highest BCUT2D eigenvalue weighted by Crippen LogP contribution is 2.20. The van der Waals surface area contributed by atoms with Crippen LogP contribution in [0.25, 0.3) is 0 Å². The van der Waals surface area contributed by atoms with E-state index in [0.717, 1.165) is 19.5 Å². The van der Waals surface area contributed by atoms with Crippen LogP contribution in [0.2, 0.25) is 0 Å². The van der Waals surface area contributed by atoms with Crippen LogP contribution in [0.5, 0.6) is 0 Å². The van der Waals surface area contributed by atoms with Crippen LogP contribution in [0.4, 0.5) is 0 Å². The van der Waals surface area contributed by atoms with Crippen LogP contribution in [0.1, 0.15) is 12.8 Å². The highest BCUT2D eigenvalue weighted by Gasteiger charge is 2.39. The predicted octanol–water partition coefficient (Wildman–Crippen LogP) is 0.170. The number of carbonyl (C=O) groups excluding carboxylic acids is 1. The fraction of sp³-hybridized carbons (Fsp3) is 0.769. The van der Waals surface area contributed by atoms with Crippen molar-refractivity contribution in [2.75, 3.05) is 46.0 Å². The van der Waals surface area contributed by atoms with Crippen molar-refractivity contribution in [3.63, 3.8) is 0 Å². The van der Waals surface area contributed by atoms with Crippen LogP contribution in [0, 0.1) is 0 Å². The average Bonchev–Trinajstić information content (AvgIpc) is 2.62. The van der Waals surface area contributed by atoms with Gasteiger partial charge in [0.2, 0.25) is 5.91 Å². The summed E-state index contributed by atoms with van der Waals surface area (Å²) in [6.07, 6.45) is 3.05. The Bertz CT molecular complexity index is 299. The molecule has 2 aliphatic heterocycles. The van der Waals surface area contributed by atoms with E-state index in [1.807, 2.05) is 4.90 Å². The zero-order chi connectivity index (χ0) is 12.8. The van der Waals surface area contributed by atoms with E-state index in [9.17, 15) is 4.79 Å². The summed E-state index contributed by atoms with van der Waals surface area (Å²) in [5.41, 5.74) is -0.363. The molecule has 0 bridgehead atoms. The summed E-state index contributed by atoms with van der Waals surface area (Å²) >= 11 is 0. The van der Waals surface area contributed by atoms with Crippen molar-refractivity contribution in [3.05, 3.63) is 12.7 Å². The molecular formula is C13H22N2O3. The summed E-state index contributed by atoms with van der Waals surface area (Å²) in [6, 6.07) is 0. The van der Waals surface area contributed by atoms with Gasteiger partial charge in [-0.15, -0.1) is 6.58 Å². The first-order chi connectivity index (χ1) is 8.76. The SMILES string of the molecule is C=CCCC(=O)N1CCOC2(CNCCOC2)C1. The molecule has 2 fully saturated rings. The highest BCUT2D eigenvalue weighted by atomic mass is 16.5. The van der Waals surface area contributed by atoms with E-state index in [0.29, 0.717) is 39.3 Å². The molecule has 0 aliphatic carbocycles. The molecule has 1 atom stereocenters. The molecule has 1 N–H and O–H groups in total. The fourth-order valence-electron chi connectivity index (χ4n) is 2.41. The molecule has 102 valence electrons. The molecule has 5 nitrogen and oxygen atoms in total. The van der Waals surface area contributed by atoms with Crippen molar-refractivity contribution in [2.45, 2.75) is 18.4 Å². The minimum atomic E-state index is -0.363. The van der Waals surface area contributed by atoms with E-state index in [1.165, 1.54) is 0 Å². The van der Waals surface area contributed by atoms with E-state index in [-0.39, 0.29) is 11.5 Å². The highest BCUT2D eigenvalue weighted by molar-refractivity contribution is 5.76. The van der Waals surface area contributed by atoms with Gasteiger partial charge in [-0.05, 0) is 6.42 Å². The molecule has 18 heavy (non-hydrogen) atoms. The standard InChI is InChI=1S/C13H22N2O3/c1-2-3-4-12(16)15-6-8-18-13(10-15)9-14-5-7-17-11-13/h2,14H,1,3-11H2. The normalized spacial score (nSPS) is 29.0. The third-order valence-corrected chi connectivity index (χ3v) is 3.40. The average molecular weight is 254 g/mol. The number of nitrogens with zero attached hydrogens (tertiary/aromatic N) is 1. The molecule has 2 heterocycles. The molecule has 1 amide bonds. The Balaban J connectivity index is 1.94. The Morgan fingerprint density at radius 3 is 3.22 bits per heavy atom. The number of allylic oxidation sites excluding steroid dienone is 1. The van der Waals surface area contributed by atoms with E-state index >= 15 is 0 Å². The molecule has 1 spiro atoms. The summed E-state index contributed by atoms with van der Waals surface area (Å²) in [6.45, 7) is 8.39. The molecule has 0 aromatic carbocycles. The first-order valence-electron chi connectivity index (χ1n) is 6.57. The van der Waals surface area contributed by atoms with Crippen molar-refractivity contribution in [1.29, 1.82) is 0 Å². The Morgan fingerprint density at radius 2 is 2.39 bits per heavy atom. The van der Waals surface area contributed by atoms with E-state index in [2.05, 4.69) is 11.9 Å². The Hall–Kier alpha value is -0.910. The number of morpholine rings is 1. The van der Waals surface area contributed by atoms with Crippen LogP contribution < -0.4 is 5.32 Å². The minimum Gasteiger partial charge on any atom is -0.377 e. The second-order valence-electron chi connectivity index (χ2n) is 4.90. The second kappa shape index (κ2) is 6.31. The number of hydrogen-bond donors (Lipinski definition) is 1. The van der Waals surface area contributed by atoms with Crippen molar-refractivity contribution < 1.29 is 14.3 Å². The van der Waals surface area contributed by atoms with Gasteiger partial charge >= 0.3 is 0 Å². The van der Waals surface area contributed by atoms with E-state index < -0.39 is 0 Å². The molecule has 0 aromatic heterocycles. The molecule has 2 aliphatic rings. The van der Waals surface area contributed by atoms with Crippen LogP contribution >= 0.6 is 0 Å². The van der Waals surface area contributed by atoms with Gasteiger partial charge in [-0.2, -0.15) is 0 Å². The molecule has 0 radical (unpaired) electrons. The van der Waals surface area contributed by atoms with Crippen LogP contribution in [0.3, 0.4) is 0 Å². The smallest absolute Gasteiger partial charge is 0.223 e. The lowest BCUT2D eigenvalue weighted by atomic mass is 10.0. The summed E-state index contributed by atoms with van der Waals surface area (Å²) in [5.74, 6) is 0.182. The summed E-state index contributed by atoms with van der Waals surface area (Å²) in [7, 11) is 0. The first kappa shape index (κ1) is 13.5. The number of nitrogens with one attached hydrogen (secondary N) is 1. The number of carbonyl (C=O) groups is 1. The van der Waals surface area contributed by atoms with Crippen molar-refractivity contribution in [2.24, 2.45) is 0 Å². The lowest BCUT2D eigenvalue weighted by Gasteiger charge is -2.41. The maximum atomic E-state index is 12.0. The third kappa shape index (κ3) is 3.31. The van der Waals surface area contributed by atoms with Crippen molar-refractivity contribution in [3.8, 4) is 0 Å². The number of amides is 1. The van der Waals surface area contributed by atoms with Gasteiger partial charge in [0.25, 0.3) is 0 Å². The van der Waals surface area contributed by atoms with Gasteiger partial charge < -0.3 is 19.7 Å². The summed E-state index contributed by atoms with van der Waals surface area (Å²) < 4.78 is 11.4. The van der Waals surface area contributed by atoms with Gasteiger partial charge in [0.15, 0.2) is 0 Å². The minimum absolute atomic E-state index is 0.182. The first-order valence-corrected chi connectivity index (χ1v) is 6.57. The lowest BCUT2D eigenvalue weighted by Crippen LogP contribution is -2.59. The fourth-order valence-corrected chi connectivity index (χ4v) is 2.41. The topological polar surface area (TPSA) is 50.8 Å². The largest absolute Gasteiger partial charge is 0.377 e. The Kier molecular flexibility index (Phi) is 4.74. The maximum absolute atomic E-state index is 12.0. The molecule has 2 saturated heterocycles. The van der Waals surface area contributed by atoms with Crippen LogP contribution in [0.15, 0.2) is 12.7 Å². The number of rotatable bonds is 3. The summed E-state index contributed by atoms with van der Waals surface area (Å²) in [5, 5.41) is 3.31. The molecule has 0 aromatic rings. The van der Waals surface area contributed by atoms with Crippen LogP contribution in [-0.4, -0.2) is 62.4 Å². The zero-order valence-electron chi connectivity index (χ0n) is 10.8. The van der Waals surface area contributed by atoms with Crippen LogP contribution in [-0.2, 0) is 14.3 Å². The Labute approximate surface area is 108 Å². The molecule has 0 saturated carbocycles. The lowest BCUT2D eigenvalue weighted by molar-refractivity contribution is -0.158. The molecule has 2 rings (SSSR count). The van der Waals surface area contributed by atoms with E-state index in [1.54, 1.807) is 6.08 Å². The molecular weight excluding hydrogens is 232 g/mol. The van der Waals surface area contributed by atoms with Gasteiger partial charge in [0.1, 0.15) is 5.60 Å². The van der Waals surface area contributed by atoms with Gasteiger partial charge in [-0.25, -0.2) is 0 Å². The van der Waals surface area contributed by atoms with Gasteiger partial charge in [-0.1, -0.05) is 6.08 Å². The predicted molar refractivity (Wildman–Crippen MR) is 68.4 cm³/mol. The quantitative estimate of drug-likeness (QED) is 0.730. The molecule has 1 unspecified atom stereocenters. The van der Waals surface area contributed by atoms with Gasteiger partial charge in [-0.3, -0.25) is 4.79 Å². The summed E-state index contributed by atoms with van der Waals surface area (Å²) in [4.78, 5) is 13.9. The van der Waals surface area contributed by atoms with Crippen molar-refractivity contribution >= 4 is 5.91 Å². The van der Waals surface area contributed by atoms with E-state index in [4.69, 9.17) is 9.47 Å². The molecule has 5 heteroatoms. The number of hydrogen-bond acceptors (Lipinski definition) is 4. The maximum Gasteiger partial charge on any atom is 0.223 e. The number of ether oxygens (including phenoxy) is 2. The van der Waals surface area contributed by atoms with Gasteiger partial charge in [0, 0.05) is 26.1 Å². The zero-order valence-corrected chi connectivity index (χ0v) is 10.8. The van der Waals surface area contributed by atoms with Gasteiger partial charge in [0.05, 0.1) is 26.4 Å².